The van der Waals surface area contributed by atoms with E-state index >= 15 is 0 Å². The van der Waals surface area contributed by atoms with Gasteiger partial charge < -0.3 is 5.32 Å². The first kappa shape index (κ1) is 11.4. The zero-order valence-electron chi connectivity index (χ0n) is 9.68. The highest BCUT2D eigenvalue weighted by Gasteiger charge is 2.04. The highest BCUT2D eigenvalue weighted by Crippen LogP contribution is 2.09. The average Bonchev–Trinajstić information content (AvgIpc) is 2.89. The normalized spacial score (nSPS) is 12.9. The topological polar surface area (TPSA) is 29.9 Å². The molecule has 1 atom stereocenters. The highest BCUT2D eigenvalue weighted by molar-refractivity contribution is 7.09. The number of nitrogens with zero attached hydrogens (tertiary/aromatic N) is 2. The smallest absolute Gasteiger partial charge is 0.0615 e. The van der Waals surface area contributed by atoms with Crippen molar-refractivity contribution in [3.05, 3.63) is 40.3 Å². The monoisotopic (exact) mass is 235 g/mol. The van der Waals surface area contributed by atoms with Gasteiger partial charge in [-0.15, -0.1) is 11.3 Å². The van der Waals surface area contributed by atoms with Crippen LogP contribution in [0.2, 0.25) is 0 Å². The van der Waals surface area contributed by atoms with Crippen LogP contribution in [0.15, 0.2) is 29.9 Å². The highest BCUT2D eigenvalue weighted by atomic mass is 32.1. The molecule has 0 aliphatic carbocycles. The van der Waals surface area contributed by atoms with Gasteiger partial charge in [-0.2, -0.15) is 5.10 Å². The van der Waals surface area contributed by atoms with E-state index in [1.807, 2.05) is 10.9 Å². The van der Waals surface area contributed by atoms with E-state index in [1.54, 1.807) is 11.3 Å². The molecule has 3 nitrogen and oxygen atoms in total. The van der Waals surface area contributed by atoms with Gasteiger partial charge in [-0.25, -0.2) is 0 Å². The van der Waals surface area contributed by atoms with Crippen LogP contribution >= 0.6 is 11.3 Å². The zero-order chi connectivity index (χ0) is 11.4. The Labute approximate surface area is 100 Å². The number of hydrogen-bond acceptors (Lipinski definition) is 3. The molecule has 2 aromatic rings. The first-order chi connectivity index (χ1) is 7.75. The molecule has 86 valence electrons. The van der Waals surface area contributed by atoms with Crippen molar-refractivity contribution in [1.82, 2.24) is 15.1 Å². The van der Waals surface area contributed by atoms with E-state index in [0.717, 1.165) is 13.1 Å². The van der Waals surface area contributed by atoms with E-state index in [0.29, 0.717) is 6.04 Å². The van der Waals surface area contributed by atoms with Crippen LogP contribution in [-0.4, -0.2) is 16.3 Å². The van der Waals surface area contributed by atoms with E-state index in [1.165, 1.54) is 10.4 Å². The van der Waals surface area contributed by atoms with Crippen molar-refractivity contribution in [2.75, 3.05) is 6.54 Å². The van der Waals surface area contributed by atoms with Crippen LogP contribution in [0.5, 0.6) is 0 Å². The fourth-order valence-corrected chi connectivity index (χ4v) is 2.26. The summed E-state index contributed by atoms with van der Waals surface area (Å²) < 4.78 is 2.01. The van der Waals surface area contributed by atoms with Gasteiger partial charge in [0.2, 0.25) is 0 Å². The number of hydrogen-bond donors (Lipinski definition) is 1. The van der Waals surface area contributed by atoms with Gasteiger partial charge in [0, 0.05) is 24.2 Å². The van der Waals surface area contributed by atoms with Gasteiger partial charge in [-0.1, -0.05) is 6.07 Å². The predicted molar refractivity (Wildman–Crippen MR) is 67.7 cm³/mol. The molecule has 0 fully saturated rings. The fourth-order valence-electron chi connectivity index (χ4n) is 1.59. The molecule has 0 saturated carbocycles. The fraction of sp³-hybridized carbons (Fsp3) is 0.417. The summed E-state index contributed by atoms with van der Waals surface area (Å²) in [5.41, 5.74) is 1.21. The van der Waals surface area contributed by atoms with Crippen molar-refractivity contribution >= 4 is 11.3 Å². The number of aryl methyl sites for hydroxylation is 1. The minimum Gasteiger partial charge on any atom is -0.310 e. The molecule has 2 heterocycles. The van der Waals surface area contributed by atoms with Gasteiger partial charge >= 0.3 is 0 Å². The Morgan fingerprint density at radius 2 is 2.44 bits per heavy atom. The second-order valence-corrected chi connectivity index (χ2v) is 5.09. The summed E-state index contributed by atoms with van der Waals surface area (Å²) >= 11 is 1.79. The van der Waals surface area contributed by atoms with E-state index in [2.05, 4.69) is 48.0 Å². The molecule has 0 aliphatic rings. The molecule has 1 unspecified atom stereocenters. The van der Waals surface area contributed by atoms with Gasteiger partial charge in [0.15, 0.2) is 0 Å². The molecule has 0 amide bonds. The standard InChI is InChI=1S/C12H17N3S/c1-10-6-14-15(9-10)11(2)7-13-8-12-4-3-5-16-12/h3-6,9,11,13H,7-8H2,1-2H3. The molecule has 1 N–H and O–H groups in total. The summed E-state index contributed by atoms with van der Waals surface area (Å²) in [5.74, 6) is 0. The van der Waals surface area contributed by atoms with Crippen LogP contribution in [0, 0.1) is 6.92 Å². The van der Waals surface area contributed by atoms with Crippen LogP contribution in [-0.2, 0) is 6.54 Å². The van der Waals surface area contributed by atoms with E-state index < -0.39 is 0 Å². The van der Waals surface area contributed by atoms with Crippen LogP contribution in [0.3, 0.4) is 0 Å². The number of thiophene rings is 1. The summed E-state index contributed by atoms with van der Waals surface area (Å²) in [5, 5.41) is 9.86. The third-order valence-corrected chi connectivity index (χ3v) is 3.38. The van der Waals surface area contributed by atoms with Crippen molar-refractivity contribution in [1.29, 1.82) is 0 Å². The first-order valence-corrected chi connectivity index (χ1v) is 6.37. The molecule has 2 aromatic heterocycles. The quantitative estimate of drug-likeness (QED) is 0.863. The van der Waals surface area contributed by atoms with Crippen molar-refractivity contribution in [3.63, 3.8) is 0 Å². The Morgan fingerprint density at radius 3 is 3.06 bits per heavy atom. The molecule has 0 aromatic carbocycles. The summed E-state index contributed by atoms with van der Waals surface area (Å²) in [6.45, 7) is 6.13. The van der Waals surface area contributed by atoms with E-state index in [4.69, 9.17) is 0 Å². The van der Waals surface area contributed by atoms with Crippen molar-refractivity contribution in [2.45, 2.75) is 26.4 Å². The van der Waals surface area contributed by atoms with Gasteiger partial charge in [0.1, 0.15) is 0 Å². The maximum Gasteiger partial charge on any atom is 0.0615 e. The second-order valence-electron chi connectivity index (χ2n) is 4.06. The molecule has 4 heteroatoms. The summed E-state index contributed by atoms with van der Waals surface area (Å²) in [6.07, 6.45) is 3.98. The maximum atomic E-state index is 4.31. The first-order valence-electron chi connectivity index (χ1n) is 5.49. The Kier molecular flexibility index (Phi) is 3.74. The predicted octanol–water partition coefficient (Wildman–Crippen LogP) is 2.60. The lowest BCUT2D eigenvalue weighted by molar-refractivity contribution is 0.454. The van der Waals surface area contributed by atoms with Crippen molar-refractivity contribution in [3.8, 4) is 0 Å². The SMILES string of the molecule is Cc1cnn(C(C)CNCc2cccs2)c1. The molecule has 16 heavy (non-hydrogen) atoms. The van der Waals surface area contributed by atoms with E-state index in [9.17, 15) is 0 Å². The minimum atomic E-state index is 0.397. The number of rotatable bonds is 5. The van der Waals surface area contributed by atoms with Crippen LogP contribution in [0.4, 0.5) is 0 Å². The molecule has 2 rings (SSSR count). The molecule has 0 saturated heterocycles. The van der Waals surface area contributed by atoms with Crippen molar-refractivity contribution in [2.24, 2.45) is 0 Å². The lowest BCUT2D eigenvalue weighted by atomic mass is 10.3. The Hall–Kier alpha value is -1.13. The molecular weight excluding hydrogens is 218 g/mol. The largest absolute Gasteiger partial charge is 0.310 e. The lowest BCUT2D eigenvalue weighted by Gasteiger charge is -2.12. The van der Waals surface area contributed by atoms with Gasteiger partial charge in [0.05, 0.1) is 12.2 Å². The summed E-state index contributed by atoms with van der Waals surface area (Å²) in [7, 11) is 0. The Balaban J connectivity index is 1.78. The zero-order valence-corrected chi connectivity index (χ0v) is 10.5. The van der Waals surface area contributed by atoms with Crippen LogP contribution in [0.25, 0.3) is 0 Å². The van der Waals surface area contributed by atoms with Gasteiger partial charge in [-0.05, 0) is 30.9 Å². The van der Waals surface area contributed by atoms with E-state index in [-0.39, 0.29) is 0 Å². The molecular formula is C12H17N3S. The van der Waals surface area contributed by atoms with Crippen LogP contribution < -0.4 is 5.32 Å². The molecule has 0 bridgehead atoms. The maximum absolute atomic E-state index is 4.31. The van der Waals surface area contributed by atoms with Crippen LogP contribution in [0.1, 0.15) is 23.4 Å². The summed E-state index contributed by atoms with van der Waals surface area (Å²) in [4.78, 5) is 1.38. The van der Waals surface area contributed by atoms with Gasteiger partial charge in [0.25, 0.3) is 0 Å². The second kappa shape index (κ2) is 5.27. The Bertz CT molecular complexity index is 419. The van der Waals surface area contributed by atoms with Crippen molar-refractivity contribution < 1.29 is 0 Å². The number of nitrogens with one attached hydrogen (secondary N) is 1. The molecule has 0 spiro atoms. The lowest BCUT2D eigenvalue weighted by Crippen LogP contribution is -2.23. The molecule has 0 aliphatic heterocycles. The molecule has 0 radical (unpaired) electrons. The summed E-state index contributed by atoms with van der Waals surface area (Å²) in [6, 6.07) is 4.64. The third-order valence-electron chi connectivity index (χ3n) is 2.50. The van der Waals surface area contributed by atoms with Gasteiger partial charge in [-0.3, -0.25) is 4.68 Å². The average molecular weight is 235 g/mol. The number of aromatic nitrogens is 2. The minimum absolute atomic E-state index is 0.397. The third kappa shape index (κ3) is 2.93. The Morgan fingerprint density at radius 1 is 1.56 bits per heavy atom.